The Hall–Kier alpha value is -1.89. The molecule has 2 aliphatic rings. The Morgan fingerprint density at radius 3 is 1.06 bits per heavy atom. The molecule has 0 aromatic heterocycles. The van der Waals surface area contributed by atoms with E-state index in [1.807, 2.05) is 7.76 Å². The summed E-state index contributed by atoms with van der Waals surface area (Å²) in [7, 11) is 0. The second-order valence-corrected chi connectivity index (χ2v) is 18.2. The van der Waals surface area contributed by atoms with E-state index in [1.165, 1.54) is 31.7 Å². The summed E-state index contributed by atoms with van der Waals surface area (Å²) in [6.45, 7) is 24.4. The second-order valence-electron chi connectivity index (χ2n) is 12.2. The average Bonchev–Trinajstić information content (AvgIpc) is 3.07. The molecule has 0 fully saturated rings. The summed E-state index contributed by atoms with van der Waals surface area (Å²) >= 11 is -3.06. The fourth-order valence-corrected chi connectivity index (χ4v) is 19.3. The Labute approximate surface area is 218 Å². The van der Waals surface area contributed by atoms with E-state index in [4.69, 9.17) is 0 Å². The minimum atomic E-state index is -3.06. The maximum atomic E-state index is 2.51. The van der Waals surface area contributed by atoms with Crippen LogP contribution in [0.4, 0.5) is 0 Å². The first-order chi connectivity index (χ1) is 16.4. The van der Waals surface area contributed by atoms with Crippen molar-refractivity contribution in [2.24, 2.45) is 10.8 Å². The SMILES string of the molecule is CC1=C(C)C(C)(C)[C]([Ti]([CH2]c2ccccc2)([CH2]c2ccccc2)[C]2=C(C)C(C)=C(C)C2(C)C)=C1C. The van der Waals surface area contributed by atoms with Crippen molar-refractivity contribution in [1.82, 2.24) is 0 Å². The standard InChI is InChI=1S/2C10H15.2C7H7.Ti/c2*1-7-6-10(4,5)9(3)8(7)2;2*1-7-5-3-2-4-6-7;/h2*1-5H3;2*2-6H,1H2;. The summed E-state index contributed by atoms with van der Waals surface area (Å²) in [5.41, 5.74) is 12.5. The zero-order valence-corrected chi connectivity index (χ0v) is 25.2. The summed E-state index contributed by atoms with van der Waals surface area (Å²) < 4.78 is 6.02. The molecule has 4 rings (SSSR count). The minimum absolute atomic E-state index is 0.0888. The van der Waals surface area contributed by atoms with E-state index in [1.54, 1.807) is 22.3 Å². The van der Waals surface area contributed by atoms with Crippen LogP contribution in [0.3, 0.4) is 0 Å². The number of hydrogen-bond donors (Lipinski definition) is 0. The van der Waals surface area contributed by atoms with Crippen LogP contribution in [0.1, 0.15) is 80.4 Å². The fourth-order valence-electron chi connectivity index (χ4n) is 7.53. The van der Waals surface area contributed by atoms with Crippen LogP contribution in [0.5, 0.6) is 0 Å². The molecular weight excluding hydrogens is 456 g/mol. The third-order valence-corrected chi connectivity index (χ3v) is 19.1. The topological polar surface area (TPSA) is 0 Å². The van der Waals surface area contributed by atoms with Crippen molar-refractivity contribution in [2.75, 3.05) is 0 Å². The Morgan fingerprint density at radius 1 is 0.486 bits per heavy atom. The molecule has 0 amide bonds. The molecule has 0 aliphatic heterocycles. The summed E-state index contributed by atoms with van der Waals surface area (Å²) in [5.74, 6) is 0. The van der Waals surface area contributed by atoms with Gasteiger partial charge in [-0.3, -0.25) is 0 Å². The van der Waals surface area contributed by atoms with E-state index >= 15 is 0 Å². The van der Waals surface area contributed by atoms with E-state index in [2.05, 4.69) is 130 Å². The van der Waals surface area contributed by atoms with E-state index in [9.17, 15) is 0 Å². The van der Waals surface area contributed by atoms with Gasteiger partial charge in [0.05, 0.1) is 0 Å². The van der Waals surface area contributed by atoms with E-state index in [0.29, 0.717) is 0 Å². The molecule has 0 saturated carbocycles. The van der Waals surface area contributed by atoms with Crippen LogP contribution < -0.4 is 0 Å². The van der Waals surface area contributed by atoms with Crippen LogP contribution in [0.2, 0.25) is 0 Å². The van der Waals surface area contributed by atoms with Gasteiger partial charge in [-0.1, -0.05) is 0 Å². The molecule has 1 heteroatoms. The Bertz CT molecular complexity index is 1160. The van der Waals surface area contributed by atoms with Gasteiger partial charge in [0.2, 0.25) is 0 Å². The van der Waals surface area contributed by atoms with Crippen LogP contribution >= 0.6 is 0 Å². The van der Waals surface area contributed by atoms with Gasteiger partial charge >= 0.3 is 219 Å². The molecule has 0 bridgehead atoms. The molecule has 2 aromatic carbocycles. The van der Waals surface area contributed by atoms with E-state index < -0.39 is 16.6 Å². The van der Waals surface area contributed by atoms with Crippen molar-refractivity contribution < 1.29 is 16.6 Å². The zero-order valence-electron chi connectivity index (χ0n) is 23.7. The molecule has 0 heterocycles. The molecule has 0 N–H and O–H groups in total. The first-order valence-corrected chi connectivity index (χ1v) is 17.0. The van der Waals surface area contributed by atoms with Crippen molar-refractivity contribution in [2.45, 2.75) is 78.7 Å². The van der Waals surface area contributed by atoms with Crippen molar-refractivity contribution >= 4 is 0 Å². The average molecular weight is 501 g/mol. The summed E-state index contributed by atoms with van der Waals surface area (Å²) in [6.07, 6.45) is 0. The summed E-state index contributed by atoms with van der Waals surface area (Å²) in [6, 6.07) is 22.8. The first-order valence-electron chi connectivity index (χ1n) is 13.2. The molecule has 35 heavy (non-hydrogen) atoms. The fraction of sp³-hybridized carbons (Fsp3) is 0.412. The van der Waals surface area contributed by atoms with Crippen LogP contribution in [0, 0.1) is 10.8 Å². The number of benzene rings is 2. The third-order valence-electron chi connectivity index (χ3n) is 9.78. The van der Waals surface area contributed by atoms with Gasteiger partial charge in [-0.15, -0.1) is 0 Å². The Balaban J connectivity index is 2.11. The van der Waals surface area contributed by atoms with Gasteiger partial charge in [-0.2, -0.15) is 0 Å². The molecular formula is C34H44Ti. The Morgan fingerprint density at radius 2 is 0.800 bits per heavy atom. The molecule has 0 saturated heterocycles. The van der Waals surface area contributed by atoms with Gasteiger partial charge in [0.15, 0.2) is 0 Å². The molecule has 0 unspecified atom stereocenters. The monoisotopic (exact) mass is 500 g/mol. The van der Waals surface area contributed by atoms with Gasteiger partial charge in [-0.25, -0.2) is 0 Å². The number of allylic oxidation sites excluding steroid dienone is 8. The third kappa shape index (κ3) is 4.12. The molecule has 2 aliphatic carbocycles. The van der Waals surface area contributed by atoms with Gasteiger partial charge < -0.3 is 0 Å². The maximum absolute atomic E-state index is 3.06. The Kier molecular flexibility index (Phi) is 6.89. The van der Waals surface area contributed by atoms with Crippen molar-refractivity contribution in [3.8, 4) is 0 Å². The van der Waals surface area contributed by atoms with Gasteiger partial charge in [0.1, 0.15) is 0 Å². The van der Waals surface area contributed by atoms with E-state index in [-0.39, 0.29) is 10.8 Å². The van der Waals surface area contributed by atoms with Crippen LogP contribution in [0.25, 0.3) is 0 Å². The molecule has 0 spiro atoms. The number of rotatable bonds is 6. The summed E-state index contributed by atoms with van der Waals surface area (Å²) in [4.78, 5) is 0. The zero-order chi connectivity index (χ0) is 25.8. The van der Waals surface area contributed by atoms with Gasteiger partial charge in [0, 0.05) is 0 Å². The molecule has 184 valence electrons. The van der Waals surface area contributed by atoms with Crippen LogP contribution in [-0.4, -0.2) is 0 Å². The normalized spacial score (nSPS) is 19.9. The molecule has 0 nitrogen and oxygen atoms in total. The van der Waals surface area contributed by atoms with Crippen molar-refractivity contribution in [1.29, 1.82) is 0 Å². The van der Waals surface area contributed by atoms with Crippen LogP contribution in [-0.2, 0) is 26.0 Å². The predicted octanol–water partition coefficient (Wildman–Crippen LogP) is 9.84. The predicted molar refractivity (Wildman–Crippen MR) is 150 cm³/mol. The quantitative estimate of drug-likeness (QED) is 0.346. The summed E-state index contributed by atoms with van der Waals surface area (Å²) in [5, 5.41) is 0. The van der Waals surface area contributed by atoms with Gasteiger partial charge in [0.25, 0.3) is 0 Å². The second kappa shape index (κ2) is 9.21. The van der Waals surface area contributed by atoms with E-state index in [0.717, 1.165) is 0 Å². The van der Waals surface area contributed by atoms with Crippen molar-refractivity contribution in [3.05, 3.63) is 113 Å². The molecule has 2 aromatic rings. The van der Waals surface area contributed by atoms with Crippen LogP contribution in [0.15, 0.2) is 102 Å². The van der Waals surface area contributed by atoms with Gasteiger partial charge in [-0.05, 0) is 0 Å². The molecule has 0 radical (unpaired) electrons. The molecule has 0 atom stereocenters. The number of hydrogen-bond acceptors (Lipinski definition) is 0. The van der Waals surface area contributed by atoms with Crippen molar-refractivity contribution in [3.63, 3.8) is 0 Å². The first kappa shape index (κ1) is 26.2.